The van der Waals surface area contributed by atoms with E-state index in [1.807, 2.05) is 36.5 Å². The number of aromatic nitrogens is 1. The predicted octanol–water partition coefficient (Wildman–Crippen LogP) is 3.52. The SMILES string of the molecule is OC(CNCCCCc1ccccc1)COc1cccc2[nH]ccc12. The van der Waals surface area contributed by atoms with Crippen LogP contribution < -0.4 is 10.1 Å². The largest absolute Gasteiger partial charge is 0.490 e. The van der Waals surface area contributed by atoms with Crippen molar-refractivity contribution in [2.24, 2.45) is 0 Å². The number of unbranched alkanes of at least 4 members (excludes halogenated alkanes) is 1. The number of rotatable bonds is 10. The minimum Gasteiger partial charge on any atom is -0.490 e. The smallest absolute Gasteiger partial charge is 0.128 e. The molecule has 1 heterocycles. The van der Waals surface area contributed by atoms with E-state index >= 15 is 0 Å². The molecule has 132 valence electrons. The summed E-state index contributed by atoms with van der Waals surface area (Å²) in [6, 6.07) is 18.4. The fourth-order valence-corrected chi connectivity index (χ4v) is 2.92. The Labute approximate surface area is 148 Å². The number of ether oxygens (including phenoxy) is 1. The van der Waals surface area contributed by atoms with Gasteiger partial charge in [-0.1, -0.05) is 36.4 Å². The maximum atomic E-state index is 10.1. The number of hydrogen-bond donors (Lipinski definition) is 3. The van der Waals surface area contributed by atoms with Crippen LogP contribution in [0.25, 0.3) is 10.9 Å². The third-order valence-electron chi connectivity index (χ3n) is 4.28. The highest BCUT2D eigenvalue weighted by molar-refractivity contribution is 5.85. The lowest BCUT2D eigenvalue weighted by molar-refractivity contribution is 0.107. The van der Waals surface area contributed by atoms with Crippen molar-refractivity contribution in [2.45, 2.75) is 25.4 Å². The van der Waals surface area contributed by atoms with Gasteiger partial charge < -0.3 is 20.1 Å². The molecule has 1 atom stereocenters. The summed E-state index contributed by atoms with van der Waals surface area (Å²) in [5.74, 6) is 0.806. The van der Waals surface area contributed by atoms with Gasteiger partial charge in [0.2, 0.25) is 0 Å². The highest BCUT2D eigenvalue weighted by atomic mass is 16.5. The number of aromatic amines is 1. The molecule has 4 nitrogen and oxygen atoms in total. The van der Waals surface area contributed by atoms with E-state index in [1.165, 1.54) is 5.56 Å². The molecule has 4 heteroatoms. The molecule has 3 aromatic rings. The first-order chi connectivity index (χ1) is 12.3. The van der Waals surface area contributed by atoms with Crippen molar-refractivity contribution in [3.63, 3.8) is 0 Å². The Balaban J connectivity index is 1.29. The number of aryl methyl sites for hydroxylation is 1. The van der Waals surface area contributed by atoms with Crippen LogP contribution in [0.2, 0.25) is 0 Å². The van der Waals surface area contributed by atoms with E-state index < -0.39 is 6.10 Å². The van der Waals surface area contributed by atoms with Crippen LogP contribution in [0.3, 0.4) is 0 Å². The Morgan fingerprint density at radius 2 is 1.88 bits per heavy atom. The second-order valence-electron chi connectivity index (χ2n) is 6.31. The third kappa shape index (κ3) is 5.34. The second kappa shape index (κ2) is 9.25. The normalized spacial score (nSPS) is 12.4. The van der Waals surface area contributed by atoms with Gasteiger partial charge in [-0.05, 0) is 49.6 Å². The topological polar surface area (TPSA) is 57.3 Å². The van der Waals surface area contributed by atoms with Crippen LogP contribution >= 0.6 is 0 Å². The molecule has 1 unspecified atom stereocenters. The molecule has 0 saturated carbocycles. The van der Waals surface area contributed by atoms with Crippen molar-refractivity contribution in [3.8, 4) is 5.75 Å². The molecule has 0 amide bonds. The molecule has 25 heavy (non-hydrogen) atoms. The van der Waals surface area contributed by atoms with E-state index in [-0.39, 0.29) is 0 Å². The van der Waals surface area contributed by atoms with Crippen molar-refractivity contribution in [1.82, 2.24) is 10.3 Å². The van der Waals surface area contributed by atoms with Gasteiger partial charge in [0.15, 0.2) is 0 Å². The standard InChI is InChI=1S/C21H26N2O2/c24-18(15-22-13-5-4-9-17-7-2-1-3-8-17)16-25-21-11-6-10-20-19(21)12-14-23-20/h1-3,6-8,10-12,14,18,22-24H,4-5,9,13,15-16H2. The van der Waals surface area contributed by atoms with Crippen molar-refractivity contribution < 1.29 is 9.84 Å². The summed E-state index contributed by atoms with van der Waals surface area (Å²) in [5, 5.41) is 14.4. The lowest BCUT2D eigenvalue weighted by Gasteiger charge is -2.14. The fourth-order valence-electron chi connectivity index (χ4n) is 2.92. The van der Waals surface area contributed by atoms with Crippen LogP contribution in [-0.2, 0) is 6.42 Å². The average molecular weight is 338 g/mol. The first-order valence-corrected chi connectivity index (χ1v) is 8.94. The van der Waals surface area contributed by atoms with E-state index in [2.05, 4.69) is 34.6 Å². The lowest BCUT2D eigenvalue weighted by Crippen LogP contribution is -2.32. The van der Waals surface area contributed by atoms with E-state index in [0.717, 1.165) is 42.5 Å². The Bertz CT molecular complexity index is 755. The van der Waals surface area contributed by atoms with E-state index in [4.69, 9.17) is 4.74 Å². The van der Waals surface area contributed by atoms with Crippen LogP contribution in [0.5, 0.6) is 5.75 Å². The van der Waals surface area contributed by atoms with Gasteiger partial charge in [0.1, 0.15) is 18.5 Å². The highest BCUT2D eigenvalue weighted by Crippen LogP contribution is 2.24. The van der Waals surface area contributed by atoms with Gasteiger partial charge in [-0.3, -0.25) is 0 Å². The van der Waals surface area contributed by atoms with Gasteiger partial charge in [-0.25, -0.2) is 0 Å². The quantitative estimate of drug-likeness (QED) is 0.496. The fraction of sp³-hybridized carbons (Fsp3) is 0.333. The lowest BCUT2D eigenvalue weighted by atomic mass is 10.1. The summed E-state index contributed by atoms with van der Waals surface area (Å²) < 4.78 is 5.77. The summed E-state index contributed by atoms with van der Waals surface area (Å²) >= 11 is 0. The van der Waals surface area contributed by atoms with Gasteiger partial charge in [0.25, 0.3) is 0 Å². The number of nitrogens with one attached hydrogen (secondary N) is 2. The van der Waals surface area contributed by atoms with E-state index in [1.54, 1.807) is 0 Å². The first-order valence-electron chi connectivity index (χ1n) is 8.94. The number of fused-ring (bicyclic) bond motifs is 1. The van der Waals surface area contributed by atoms with Crippen molar-refractivity contribution >= 4 is 10.9 Å². The minimum atomic E-state index is -0.511. The van der Waals surface area contributed by atoms with Gasteiger partial charge >= 0.3 is 0 Å². The molecule has 0 aliphatic rings. The molecule has 0 bridgehead atoms. The Kier molecular flexibility index (Phi) is 6.48. The maximum Gasteiger partial charge on any atom is 0.128 e. The molecule has 0 radical (unpaired) electrons. The molecule has 3 rings (SSSR count). The van der Waals surface area contributed by atoms with Gasteiger partial charge in [0.05, 0.1) is 0 Å². The van der Waals surface area contributed by atoms with Crippen molar-refractivity contribution in [2.75, 3.05) is 19.7 Å². The molecular formula is C21H26N2O2. The average Bonchev–Trinajstić information content (AvgIpc) is 3.13. The molecular weight excluding hydrogens is 312 g/mol. The number of H-pyrrole nitrogens is 1. The number of aliphatic hydroxyl groups excluding tert-OH is 1. The summed E-state index contributed by atoms with van der Waals surface area (Å²) in [7, 11) is 0. The summed E-state index contributed by atoms with van der Waals surface area (Å²) in [4.78, 5) is 3.16. The molecule has 0 aliphatic heterocycles. The molecule has 0 aliphatic carbocycles. The highest BCUT2D eigenvalue weighted by Gasteiger charge is 2.07. The zero-order valence-corrected chi connectivity index (χ0v) is 14.4. The summed E-state index contributed by atoms with van der Waals surface area (Å²) in [6.07, 6.45) is 4.74. The third-order valence-corrected chi connectivity index (χ3v) is 4.28. The number of hydrogen-bond acceptors (Lipinski definition) is 3. The number of benzene rings is 2. The van der Waals surface area contributed by atoms with Crippen LogP contribution in [0, 0.1) is 0 Å². The van der Waals surface area contributed by atoms with Gasteiger partial charge in [-0.2, -0.15) is 0 Å². The molecule has 0 saturated heterocycles. The Morgan fingerprint density at radius 3 is 2.76 bits per heavy atom. The van der Waals surface area contributed by atoms with Crippen LogP contribution in [0.15, 0.2) is 60.8 Å². The maximum absolute atomic E-state index is 10.1. The molecule has 3 N–H and O–H groups in total. The van der Waals surface area contributed by atoms with E-state index in [0.29, 0.717) is 13.2 Å². The number of aliphatic hydroxyl groups is 1. The molecule has 1 aromatic heterocycles. The monoisotopic (exact) mass is 338 g/mol. The predicted molar refractivity (Wildman–Crippen MR) is 102 cm³/mol. The molecule has 0 fully saturated rings. The van der Waals surface area contributed by atoms with Crippen LogP contribution in [0.4, 0.5) is 0 Å². The van der Waals surface area contributed by atoms with Crippen molar-refractivity contribution in [1.29, 1.82) is 0 Å². The Hall–Kier alpha value is -2.30. The molecule has 0 spiro atoms. The summed E-state index contributed by atoms with van der Waals surface area (Å²) in [6.45, 7) is 1.76. The zero-order chi connectivity index (χ0) is 17.3. The van der Waals surface area contributed by atoms with Gasteiger partial charge in [0, 0.05) is 23.6 Å². The Morgan fingerprint density at radius 1 is 1.00 bits per heavy atom. The van der Waals surface area contributed by atoms with Gasteiger partial charge in [-0.15, -0.1) is 0 Å². The molecule has 2 aromatic carbocycles. The first kappa shape index (κ1) is 17.5. The summed E-state index contributed by atoms with van der Waals surface area (Å²) in [5.41, 5.74) is 2.43. The van der Waals surface area contributed by atoms with Crippen LogP contribution in [-0.4, -0.2) is 35.9 Å². The van der Waals surface area contributed by atoms with Crippen molar-refractivity contribution in [3.05, 3.63) is 66.4 Å². The van der Waals surface area contributed by atoms with Crippen LogP contribution in [0.1, 0.15) is 18.4 Å². The minimum absolute atomic E-state index is 0.293. The second-order valence-corrected chi connectivity index (χ2v) is 6.31. The zero-order valence-electron chi connectivity index (χ0n) is 14.4. The van der Waals surface area contributed by atoms with E-state index in [9.17, 15) is 5.11 Å².